The number of para-hydroxylation sites is 1. The third-order valence-corrected chi connectivity index (χ3v) is 1.78. The quantitative estimate of drug-likeness (QED) is 0.387. The Morgan fingerprint density at radius 2 is 2.17 bits per heavy atom. The third kappa shape index (κ3) is 1.90. The van der Waals surface area contributed by atoms with Gasteiger partial charge in [-0.3, -0.25) is 10.1 Å². The van der Waals surface area contributed by atoms with Crippen LogP contribution in [0.1, 0.15) is 5.56 Å². The Morgan fingerprint density at radius 1 is 1.50 bits per heavy atom. The maximum Gasteiger partial charge on any atom is 0.274 e. The lowest BCUT2D eigenvalue weighted by Crippen LogP contribution is -1.96. The summed E-state index contributed by atoms with van der Waals surface area (Å²) in [5, 5.41) is 10.5. The molecule has 0 saturated carbocycles. The first kappa shape index (κ1) is 8.89. The highest BCUT2D eigenvalue weighted by molar-refractivity contribution is 5.97. The van der Waals surface area contributed by atoms with E-state index in [1.807, 2.05) is 0 Å². The van der Waals surface area contributed by atoms with Gasteiger partial charge in [-0.15, -0.1) is 0 Å². The number of rotatable bonds is 3. The van der Waals surface area contributed by atoms with Crippen LogP contribution in [0, 0.1) is 10.1 Å². The average molecular weight is 183 g/mol. The van der Waals surface area contributed by atoms with E-state index >= 15 is 0 Å². The second kappa shape index (κ2) is 3.98. The van der Waals surface area contributed by atoms with Gasteiger partial charge in [-0.05, 0) is 6.07 Å². The van der Waals surface area contributed by atoms with E-state index < -0.39 is 4.92 Å². The molecule has 0 fully saturated rings. The Labute approximate surface area is 72.9 Å². The van der Waals surface area contributed by atoms with Crippen LogP contribution in [0.25, 0.3) is 0 Å². The molecule has 12 heavy (non-hydrogen) atoms. The van der Waals surface area contributed by atoms with Crippen molar-refractivity contribution in [3.05, 3.63) is 39.9 Å². The number of benzene rings is 1. The van der Waals surface area contributed by atoms with Crippen LogP contribution >= 0.6 is 0 Å². The number of nitro groups is 1. The van der Waals surface area contributed by atoms with Gasteiger partial charge >= 0.3 is 0 Å². The van der Waals surface area contributed by atoms with E-state index in [1.54, 1.807) is 18.2 Å². The zero-order valence-corrected chi connectivity index (χ0v) is 8.69. The first-order valence-electron chi connectivity index (χ1n) is 3.47. The first-order valence-corrected chi connectivity index (χ1v) is 4.28. The molecule has 0 N–H and O–H groups in total. The number of hydrogen-bond donors (Lipinski definition) is 0. The molecule has 0 unspecified atom stereocenters. The number of nitro benzene ring substituents is 1. The van der Waals surface area contributed by atoms with E-state index in [1.165, 1.54) is 6.07 Å². The molecule has 0 atom stereocenters. The third-order valence-electron chi connectivity index (χ3n) is 1.49. The maximum atomic E-state index is 10.5. The minimum absolute atomic E-state index is 0.133. The molecule has 0 heterocycles. The molecular formula is C7H9NO3Si. The van der Waals surface area contributed by atoms with E-state index in [0.29, 0.717) is 22.7 Å². The van der Waals surface area contributed by atoms with Gasteiger partial charge < -0.3 is 4.43 Å². The zero-order chi connectivity index (χ0) is 8.97. The van der Waals surface area contributed by atoms with Gasteiger partial charge in [-0.1, -0.05) is 12.1 Å². The van der Waals surface area contributed by atoms with Gasteiger partial charge in [0, 0.05) is 6.07 Å². The van der Waals surface area contributed by atoms with Crippen molar-refractivity contribution in [1.82, 2.24) is 0 Å². The highest BCUT2D eigenvalue weighted by Crippen LogP contribution is 2.17. The van der Waals surface area contributed by atoms with Gasteiger partial charge in [0.1, 0.15) is 10.5 Å². The fourth-order valence-electron chi connectivity index (χ4n) is 0.966. The molecule has 64 valence electrons. The lowest BCUT2D eigenvalue weighted by Gasteiger charge is -1.99. The van der Waals surface area contributed by atoms with Crippen LogP contribution in [0.2, 0.25) is 0 Å². The summed E-state index contributed by atoms with van der Waals surface area (Å²) in [6.07, 6.45) is 0. The smallest absolute Gasteiger partial charge is 0.274 e. The van der Waals surface area contributed by atoms with Gasteiger partial charge in [-0.25, -0.2) is 0 Å². The fraction of sp³-hybridized carbons (Fsp3) is 0.143. The number of nitrogens with zero attached hydrogens (tertiary/aromatic N) is 1. The van der Waals surface area contributed by atoms with Gasteiger partial charge in [0.2, 0.25) is 0 Å². The largest absolute Gasteiger partial charge is 0.423 e. The minimum Gasteiger partial charge on any atom is -0.423 e. The van der Waals surface area contributed by atoms with Crippen molar-refractivity contribution in [2.75, 3.05) is 0 Å². The van der Waals surface area contributed by atoms with E-state index in [4.69, 9.17) is 4.43 Å². The Bertz CT molecular complexity index is 290. The standard InChI is InChI=1S/C7H9NO3Si/c9-8(10)7-4-2-1-3-6(7)5-11-12/h1-4H,5H2,12H3. The van der Waals surface area contributed by atoms with Crippen molar-refractivity contribution in [2.24, 2.45) is 0 Å². The first-order chi connectivity index (χ1) is 5.75. The summed E-state index contributed by atoms with van der Waals surface area (Å²) in [6.45, 7) is 0.337. The summed E-state index contributed by atoms with van der Waals surface area (Å²) < 4.78 is 4.95. The van der Waals surface area contributed by atoms with Crippen molar-refractivity contribution in [1.29, 1.82) is 0 Å². The van der Waals surface area contributed by atoms with Crippen molar-refractivity contribution < 1.29 is 9.35 Å². The summed E-state index contributed by atoms with van der Waals surface area (Å²) >= 11 is 0. The normalized spacial score (nSPS) is 10.0. The molecule has 4 nitrogen and oxygen atoms in total. The van der Waals surface area contributed by atoms with Gasteiger partial charge in [-0.2, -0.15) is 0 Å². The summed E-state index contributed by atoms with van der Waals surface area (Å²) in [4.78, 5) is 10.1. The Morgan fingerprint density at radius 3 is 2.75 bits per heavy atom. The molecule has 0 aromatic heterocycles. The van der Waals surface area contributed by atoms with Crippen LogP contribution in [-0.4, -0.2) is 15.4 Å². The van der Waals surface area contributed by atoms with Crippen LogP contribution in [-0.2, 0) is 11.0 Å². The average Bonchev–Trinajstić information content (AvgIpc) is 2.05. The van der Waals surface area contributed by atoms with Crippen molar-refractivity contribution in [3.63, 3.8) is 0 Å². The molecule has 0 radical (unpaired) electrons. The summed E-state index contributed by atoms with van der Waals surface area (Å²) in [6, 6.07) is 6.60. The molecule has 0 aliphatic carbocycles. The van der Waals surface area contributed by atoms with Crippen molar-refractivity contribution in [3.8, 4) is 0 Å². The second-order valence-electron chi connectivity index (χ2n) is 2.32. The van der Waals surface area contributed by atoms with E-state index in [2.05, 4.69) is 0 Å². The van der Waals surface area contributed by atoms with Crippen molar-refractivity contribution in [2.45, 2.75) is 6.61 Å². The summed E-state index contributed by atoms with van der Waals surface area (Å²) in [5.41, 5.74) is 0.769. The lowest BCUT2D eigenvalue weighted by atomic mass is 10.2. The van der Waals surface area contributed by atoms with Crippen molar-refractivity contribution >= 4 is 16.2 Å². The Kier molecular flexibility index (Phi) is 2.95. The van der Waals surface area contributed by atoms with Crippen LogP contribution < -0.4 is 0 Å². The Balaban J connectivity index is 3.00. The molecule has 1 aromatic rings. The minimum atomic E-state index is -0.393. The molecule has 0 bridgehead atoms. The lowest BCUT2D eigenvalue weighted by molar-refractivity contribution is -0.385. The highest BCUT2D eigenvalue weighted by Gasteiger charge is 2.10. The fourth-order valence-corrected chi connectivity index (χ4v) is 1.28. The number of hydrogen-bond acceptors (Lipinski definition) is 3. The maximum absolute atomic E-state index is 10.5. The molecule has 0 saturated heterocycles. The van der Waals surface area contributed by atoms with Crippen LogP contribution in [0.3, 0.4) is 0 Å². The van der Waals surface area contributed by atoms with E-state index in [-0.39, 0.29) is 5.69 Å². The molecule has 5 heteroatoms. The predicted octanol–water partition coefficient (Wildman–Crippen LogP) is 0.392. The molecule has 0 aliphatic rings. The summed E-state index contributed by atoms with van der Waals surface area (Å²) in [7, 11) is 0.595. The molecule has 0 spiro atoms. The van der Waals surface area contributed by atoms with Gasteiger partial charge in [0.25, 0.3) is 5.69 Å². The van der Waals surface area contributed by atoms with Crippen LogP contribution in [0.5, 0.6) is 0 Å². The van der Waals surface area contributed by atoms with Crippen LogP contribution in [0.15, 0.2) is 24.3 Å². The van der Waals surface area contributed by atoms with Gasteiger partial charge in [0.15, 0.2) is 0 Å². The molecule has 0 aliphatic heterocycles. The van der Waals surface area contributed by atoms with E-state index in [0.717, 1.165) is 0 Å². The van der Waals surface area contributed by atoms with Gasteiger partial charge in [0.05, 0.1) is 17.1 Å². The predicted molar refractivity (Wildman–Crippen MR) is 47.8 cm³/mol. The second-order valence-corrected chi connectivity index (χ2v) is 2.90. The topological polar surface area (TPSA) is 52.4 Å². The monoisotopic (exact) mass is 183 g/mol. The highest BCUT2D eigenvalue weighted by atomic mass is 28.2. The molecule has 0 amide bonds. The molecular weight excluding hydrogens is 174 g/mol. The molecule has 1 aromatic carbocycles. The van der Waals surface area contributed by atoms with E-state index in [9.17, 15) is 10.1 Å². The summed E-state index contributed by atoms with van der Waals surface area (Å²) in [5.74, 6) is 0. The molecule has 1 rings (SSSR count). The zero-order valence-electron chi connectivity index (χ0n) is 6.69. The van der Waals surface area contributed by atoms with Crippen LogP contribution in [0.4, 0.5) is 5.69 Å². The SMILES string of the molecule is O=[N+]([O-])c1ccccc1CO[SiH3]. The Hall–Kier alpha value is -1.20.